The van der Waals surface area contributed by atoms with Crippen LogP contribution in [0.3, 0.4) is 0 Å². The lowest BCUT2D eigenvalue weighted by atomic mass is 10.1. The van der Waals surface area contributed by atoms with Gasteiger partial charge in [0.1, 0.15) is 0 Å². The predicted octanol–water partition coefficient (Wildman–Crippen LogP) is 2.93. The van der Waals surface area contributed by atoms with Crippen LogP contribution in [0.1, 0.15) is 30.1 Å². The molecule has 2 rings (SSSR count). The van der Waals surface area contributed by atoms with E-state index in [1.54, 1.807) is 0 Å². The number of anilines is 1. The summed E-state index contributed by atoms with van der Waals surface area (Å²) >= 11 is 0. The Morgan fingerprint density at radius 1 is 1.48 bits per heavy atom. The van der Waals surface area contributed by atoms with Crippen molar-refractivity contribution in [1.29, 1.82) is 0 Å². The van der Waals surface area contributed by atoms with E-state index in [0.717, 1.165) is 24.1 Å². The summed E-state index contributed by atoms with van der Waals surface area (Å²) in [5.74, 6) is 0.0840. The van der Waals surface area contributed by atoms with Crippen molar-refractivity contribution in [1.82, 2.24) is 4.90 Å². The molecule has 1 saturated heterocycles. The number of carbonyl (C=O) groups is 1. The first kappa shape index (κ1) is 15.6. The van der Waals surface area contributed by atoms with Gasteiger partial charge in [-0.15, -0.1) is 6.58 Å². The van der Waals surface area contributed by atoms with Crippen molar-refractivity contribution in [3.8, 4) is 0 Å². The number of allylic oxidation sites excluding steroid dienone is 1. The number of carbonyl (C=O) groups excluding carboxylic acids is 1. The monoisotopic (exact) mass is 288 g/mol. The summed E-state index contributed by atoms with van der Waals surface area (Å²) in [6, 6.07) is 8.09. The molecule has 4 heteroatoms. The summed E-state index contributed by atoms with van der Waals surface area (Å²) in [6.45, 7) is 8.48. The zero-order chi connectivity index (χ0) is 15.1. The second kappa shape index (κ2) is 7.84. The van der Waals surface area contributed by atoms with Crippen molar-refractivity contribution in [2.45, 2.75) is 25.8 Å². The molecule has 1 atom stereocenters. The highest BCUT2D eigenvalue weighted by Crippen LogP contribution is 2.15. The van der Waals surface area contributed by atoms with E-state index < -0.39 is 0 Å². The summed E-state index contributed by atoms with van der Waals surface area (Å²) in [6.07, 6.45) is 3.95. The first-order valence-electron chi connectivity index (χ1n) is 7.55. The minimum atomic E-state index is 0.0840. The van der Waals surface area contributed by atoms with Gasteiger partial charge in [-0.05, 0) is 38.0 Å². The third-order valence-corrected chi connectivity index (χ3v) is 3.62. The molecule has 114 valence electrons. The van der Waals surface area contributed by atoms with Gasteiger partial charge in [0.05, 0.1) is 13.2 Å². The van der Waals surface area contributed by atoms with Gasteiger partial charge in [-0.2, -0.15) is 0 Å². The lowest BCUT2D eigenvalue weighted by Gasteiger charge is -2.27. The van der Waals surface area contributed by atoms with Gasteiger partial charge in [-0.25, -0.2) is 0 Å². The van der Waals surface area contributed by atoms with E-state index in [0.29, 0.717) is 32.3 Å². The summed E-state index contributed by atoms with van der Waals surface area (Å²) in [4.78, 5) is 14.3. The maximum Gasteiger partial charge on any atom is 0.254 e. The van der Waals surface area contributed by atoms with Crippen molar-refractivity contribution in [2.24, 2.45) is 0 Å². The van der Waals surface area contributed by atoms with Crippen LogP contribution in [0, 0.1) is 0 Å². The first-order chi connectivity index (χ1) is 10.2. The van der Waals surface area contributed by atoms with E-state index in [1.165, 1.54) is 0 Å². The quantitative estimate of drug-likeness (QED) is 0.818. The second-order valence-electron chi connectivity index (χ2n) is 5.40. The molecule has 0 radical (unpaired) electrons. The summed E-state index contributed by atoms with van der Waals surface area (Å²) in [7, 11) is 0. The van der Waals surface area contributed by atoms with Gasteiger partial charge in [0.2, 0.25) is 0 Å². The largest absolute Gasteiger partial charge is 0.383 e. The van der Waals surface area contributed by atoms with Crippen LogP contribution in [0.4, 0.5) is 5.69 Å². The van der Waals surface area contributed by atoms with Crippen LogP contribution in [0.5, 0.6) is 0 Å². The Labute approximate surface area is 126 Å². The van der Waals surface area contributed by atoms with Crippen molar-refractivity contribution in [2.75, 3.05) is 31.6 Å². The average molecular weight is 288 g/mol. The fourth-order valence-corrected chi connectivity index (χ4v) is 2.42. The summed E-state index contributed by atoms with van der Waals surface area (Å²) in [5, 5.41) is 3.43. The van der Waals surface area contributed by atoms with Crippen molar-refractivity contribution in [3.05, 3.63) is 42.5 Å². The molecule has 1 aliphatic heterocycles. The standard InChI is InChI=1S/C17H24N2O2/c1-3-4-6-14(2)18-16-8-5-7-15(13-16)17(20)19-9-11-21-12-10-19/h3,5,7-8,13-14,18H,1,4,6,9-12H2,2H3/t14-/m1/s1. The van der Waals surface area contributed by atoms with Crippen LogP contribution in [-0.4, -0.2) is 43.2 Å². The summed E-state index contributed by atoms with van der Waals surface area (Å²) in [5.41, 5.74) is 1.73. The molecule has 0 bridgehead atoms. The Morgan fingerprint density at radius 2 is 2.24 bits per heavy atom. The maximum atomic E-state index is 12.4. The number of nitrogens with one attached hydrogen (secondary N) is 1. The first-order valence-corrected chi connectivity index (χ1v) is 7.55. The van der Waals surface area contributed by atoms with Gasteiger partial charge < -0.3 is 15.0 Å². The Hall–Kier alpha value is -1.81. The van der Waals surface area contributed by atoms with E-state index in [-0.39, 0.29) is 5.91 Å². The zero-order valence-electron chi connectivity index (χ0n) is 12.7. The molecular weight excluding hydrogens is 264 g/mol. The molecule has 1 fully saturated rings. The van der Waals surface area contributed by atoms with E-state index >= 15 is 0 Å². The van der Waals surface area contributed by atoms with Gasteiger partial charge >= 0.3 is 0 Å². The van der Waals surface area contributed by atoms with Crippen LogP contribution in [0.2, 0.25) is 0 Å². The van der Waals surface area contributed by atoms with Crippen molar-refractivity contribution in [3.63, 3.8) is 0 Å². The molecule has 0 aromatic heterocycles. The van der Waals surface area contributed by atoms with E-state index in [2.05, 4.69) is 18.8 Å². The molecule has 1 heterocycles. The number of amides is 1. The van der Waals surface area contributed by atoms with Crippen LogP contribution < -0.4 is 5.32 Å². The topological polar surface area (TPSA) is 41.6 Å². The lowest BCUT2D eigenvalue weighted by molar-refractivity contribution is 0.0303. The van der Waals surface area contributed by atoms with Gasteiger partial charge in [0.25, 0.3) is 5.91 Å². The number of benzene rings is 1. The number of ether oxygens (including phenoxy) is 1. The molecule has 0 spiro atoms. The zero-order valence-corrected chi connectivity index (χ0v) is 12.7. The Bertz CT molecular complexity index is 481. The number of nitrogens with zero attached hydrogens (tertiary/aromatic N) is 1. The molecule has 1 N–H and O–H groups in total. The van der Waals surface area contributed by atoms with E-state index in [1.807, 2.05) is 35.2 Å². The van der Waals surface area contributed by atoms with Gasteiger partial charge in [-0.3, -0.25) is 4.79 Å². The number of hydrogen-bond donors (Lipinski definition) is 1. The SMILES string of the molecule is C=CCC[C@@H](C)Nc1cccc(C(=O)N2CCOCC2)c1. The van der Waals surface area contributed by atoms with Crippen LogP contribution in [-0.2, 0) is 4.74 Å². The molecule has 0 unspecified atom stereocenters. The van der Waals surface area contributed by atoms with Gasteiger partial charge in [-0.1, -0.05) is 12.1 Å². The predicted molar refractivity (Wildman–Crippen MR) is 85.7 cm³/mol. The third-order valence-electron chi connectivity index (χ3n) is 3.62. The fourth-order valence-electron chi connectivity index (χ4n) is 2.42. The smallest absolute Gasteiger partial charge is 0.254 e. The highest BCUT2D eigenvalue weighted by Gasteiger charge is 2.18. The number of morpholine rings is 1. The second-order valence-corrected chi connectivity index (χ2v) is 5.40. The van der Waals surface area contributed by atoms with Crippen LogP contribution in [0.25, 0.3) is 0 Å². The Balaban J connectivity index is 1.99. The summed E-state index contributed by atoms with van der Waals surface area (Å²) < 4.78 is 5.29. The van der Waals surface area contributed by atoms with Crippen LogP contribution in [0.15, 0.2) is 36.9 Å². The molecule has 1 amide bonds. The molecule has 21 heavy (non-hydrogen) atoms. The van der Waals surface area contributed by atoms with Crippen LogP contribution >= 0.6 is 0 Å². The third kappa shape index (κ3) is 4.60. The van der Waals surface area contributed by atoms with E-state index in [4.69, 9.17) is 4.74 Å². The maximum absolute atomic E-state index is 12.4. The lowest BCUT2D eigenvalue weighted by Crippen LogP contribution is -2.40. The minimum Gasteiger partial charge on any atom is -0.383 e. The number of hydrogen-bond acceptors (Lipinski definition) is 3. The molecule has 1 aromatic rings. The molecular formula is C17H24N2O2. The molecule has 4 nitrogen and oxygen atoms in total. The highest BCUT2D eigenvalue weighted by molar-refractivity contribution is 5.95. The van der Waals surface area contributed by atoms with Gasteiger partial charge in [0, 0.05) is 30.4 Å². The Morgan fingerprint density at radius 3 is 2.95 bits per heavy atom. The molecule has 1 aliphatic rings. The van der Waals surface area contributed by atoms with Gasteiger partial charge in [0.15, 0.2) is 0 Å². The Kier molecular flexibility index (Phi) is 5.81. The molecule has 0 saturated carbocycles. The normalized spacial score (nSPS) is 16.3. The average Bonchev–Trinajstić information content (AvgIpc) is 2.53. The highest BCUT2D eigenvalue weighted by atomic mass is 16.5. The van der Waals surface area contributed by atoms with Crippen molar-refractivity contribution < 1.29 is 9.53 Å². The molecule has 0 aliphatic carbocycles. The molecule has 1 aromatic carbocycles. The van der Waals surface area contributed by atoms with E-state index in [9.17, 15) is 4.79 Å². The van der Waals surface area contributed by atoms with Crippen molar-refractivity contribution >= 4 is 11.6 Å². The minimum absolute atomic E-state index is 0.0840. The fraction of sp³-hybridized carbons (Fsp3) is 0.471. The number of rotatable bonds is 6.